The molecule has 0 aliphatic heterocycles. The van der Waals surface area contributed by atoms with Gasteiger partial charge in [-0.15, -0.1) is 0 Å². The Bertz CT molecular complexity index is 885. The molecule has 26 heavy (non-hydrogen) atoms. The SMILES string of the molecule is CCc1cc(CN(Cl)c2cncnc2)ccc1-c1noc(C(F)(F)F)n1. The van der Waals surface area contributed by atoms with E-state index in [1.54, 1.807) is 24.5 Å². The number of alkyl halides is 3. The van der Waals surface area contributed by atoms with Crippen molar-refractivity contribution in [3.8, 4) is 11.4 Å². The highest BCUT2D eigenvalue weighted by Gasteiger charge is 2.38. The first kappa shape index (κ1) is 18.1. The Morgan fingerprint density at radius 1 is 1.19 bits per heavy atom. The first-order valence-electron chi connectivity index (χ1n) is 7.60. The highest BCUT2D eigenvalue weighted by Crippen LogP contribution is 2.31. The van der Waals surface area contributed by atoms with Gasteiger partial charge in [0, 0.05) is 17.3 Å². The lowest BCUT2D eigenvalue weighted by Gasteiger charge is -2.16. The zero-order valence-corrected chi connectivity index (χ0v) is 14.3. The number of aryl methyl sites for hydroxylation is 1. The Morgan fingerprint density at radius 3 is 2.54 bits per heavy atom. The van der Waals surface area contributed by atoms with E-state index >= 15 is 0 Å². The second kappa shape index (κ2) is 7.28. The molecule has 0 saturated carbocycles. The first-order chi connectivity index (χ1) is 12.4. The van der Waals surface area contributed by atoms with Gasteiger partial charge in [0.25, 0.3) is 0 Å². The summed E-state index contributed by atoms with van der Waals surface area (Å²) in [7, 11) is 0. The largest absolute Gasteiger partial charge is 0.471 e. The van der Waals surface area contributed by atoms with Gasteiger partial charge in [0.05, 0.1) is 24.6 Å². The van der Waals surface area contributed by atoms with E-state index in [-0.39, 0.29) is 5.82 Å². The Labute approximate surface area is 151 Å². The maximum atomic E-state index is 12.6. The summed E-state index contributed by atoms with van der Waals surface area (Å²) in [4.78, 5) is 11.2. The number of aromatic nitrogens is 4. The van der Waals surface area contributed by atoms with E-state index in [0.717, 1.165) is 11.1 Å². The third-order valence-corrected chi connectivity index (χ3v) is 3.92. The third kappa shape index (κ3) is 3.93. The van der Waals surface area contributed by atoms with E-state index in [4.69, 9.17) is 11.8 Å². The van der Waals surface area contributed by atoms with Crippen molar-refractivity contribution in [3.05, 3.63) is 53.9 Å². The van der Waals surface area contributed by atoms with E-state index in [0.29, 0.717) is 24.2 Å². The molecule has 0 N–H and O–H groups in total. The number of hydrogen-bond donors (Lipinski definition) is 0. The van der Waals surface area contributed by atoms with E-state index in [2.05, 4.69) is 24.6 Å². The van der Waals surface area contributed by atoms with E-state index < -0.39 is 12.1 Å². The Balaban J connectivity index is 1.85. The van der Waals surface area contributed by atoms with Crippen molar-refractivity contribution in [2.45, 2.75) is 26.1 Å². The molecule has 0 aliphatic carbocycles. The number of benzene rings is 1. The molecular formula is C16H13ClF3N5O. The minimum atomic E-state index is -4.67. The number of halogens is 4. The van der Waals surface area contributed by atoms with Crippen molar-refractivity contribution < 1.29 is 17.7 Å². The van der Waals surface area contributed by atoms with E-state index in [1.165, 1.54) is 10.7 Å². The molecule has 0 unspecified atom stereocenters. The fourth-order valence-electron chi connectivity index (χ4n) is 2.37. The van der Waals surface area contributed by atoms with E-state index in [1.807, 2.05) is 13.0 Å². The van der Waals surface area contributed by atoms with Crippen molar-refractivity contribution in [3.63, 3.8) is 0 Å². The molecule has 0 aliphatic rings. The zero-order chi connectivity index (χ0) is 18.7. The van der Waals surface area contributed by atoms with Gasteiger partial charge < -0.3 is 4.52 Å². The molecule has 2 aromatic heterocycles. The molecule has 136 valence electrons. The molecule has 0 spiro atoms. The van der Waals surface area contributed by atoms with Crippen molar-refractivity contribution in [2.24, 2.45) is 0 Å². The van der Waals surface area contributed by atoms with Gasteiger partial charge in [-0.05, 0) is 17.5 Å². The monoisotopic (exact) mass is 383 g/mol. The average Bonchev–Trinajstić information content (AvgIpc) is 3.12. The van der Waals surface area contributed by atoms with Crippen molar-refractivity contribution in [1.29, 1.82) is 0 Å². The van der Waals surface area contributed by atoms with Gasteiger partial charge in [0.2, 0.25) is 5.82 Å². The predicted octanol–water partition coefficient (Wildman–Crippen LogP) is 4.27. The third-order valence-electron chi connectivity index (χ3n) is 3.61. The normalized spacial score (nSPS) is 11.6. The molecule has 3 aromatic rings. The molecule has 0 saturated heterocycles. The maximum Gasteiger partial charge on any atom is 0.471 e. The summed E-state index contributed by atoms with van der Waals surface area (Å²) in [6.45, 7) is 2.25. The number of nitrogens with zero attached hydrogens (tertiary/aromatic N) is 5. The van der Waals surface area contributed by atoms with Crippen LogP contribution in [-0.2, 0) is 19.1 Å². The smallest absolute Gasteiger partial charge is 0.329 e. The summed E-state index contributed by atoms with van der Waals surface area (Å²) in [6.07, 6.45) is 0.461. The van der Waals surface area contributed by atoms with Crippen LogP contribution < -0.4 is 4.42 Å². The summed E-state index contributed by atoms with van der Waals surface area (Å²) in [5.41, 5.74) is 2.76. The number of anilines is 1. The minimum absolute atomic E-state index is 0.0973. The van der Waals surface area contributed by atoms with Crippen molar-refractivity contribution in [2.75, 3.05) is 4.42 Å². The van der Waals surface area contributed by atoms with Gasteiger partial charge >= 0.3 is 12.1 Å². The fraction of sp³-hybridized carbons (Fsp3) is 0.250. The Hall–Kier alpha value is -2.68. The second-order valence-corrected chi connectivity index (χ2v) is 5.79. The van der Waals surface area contributed by atoms with Gasteiger partial charge in [-0.2, -0.15) is 18.2 Å². The number of rotatable bonds is 5. The van der Waals surface area contributed by atoms with E-state index in [9.17, 15) is 13.2 Å². The summed E-state index contributed by atoms with van der Waals surface area (Å²) in [6, 6.07) is 5.25. The van der Waals surface area contributed by atoms with Gasteiger partial charge in [-0.1, -0.05) is 30.3 Å². The first-order valence-corrected chi connectivity index (χ1v) is 7.93. The van der Waals surface area contributed by atoms with Crippen LogP contribution >= 0.6 is 11.8 Å². The summed E-state index contributed by atoms with van der Waals surface area (Å²) in [5, 5.41) is 3.44. The highest BCUT2D eigenvalue weighted by atomic mass is 35.5. The predicted molar refractivity (Wildman–Crippen MR) is 88.2 cm³/mol. The molecule has 3 rings (SSSR count). The lowest BCUT2D eigenvalue weighted by atomic mass is 10.0. The zero-order valence-electron chi connectivity index (χ0n) is 13.5. The van der Waals surface area contributed by atoms with Crippen LogP contribution in [0.3, 0.4) is 0 Å². The standard InChI is InChI=1S/C16H13ClF3N5O/c1-2-11-5-10(8-25(17)12-6-21-9-22-7-12)3-4-13(11)14-23-15(26-24-14)16(18,19)20/h3-7,9H,2,8H2,1H3. The molecule has 0 fully saturated rings. The maximum absolute atomic E-state index is 12.6. The molecule has 0 atom stereocenters. The molecule has 10 heteroatoms. The van der Waals surface area contributed by atoms with Crippen LogP contribution in [0.15, 0.2) is 41.4 Å². The Morgan fingerprint density at radius 2 is 1.92 bits per heavy atom. The van der Waals surface area contributed by atoms with Crippen molar-refractivity contribution >= 4 is 17.5 Å². The highest BCUT2D eigenvalue weighted by molar-refractivity contribution is 6.25. The van der Waals surface area contributed by atoms with Crippen molar-refractivity contribution in [1.82, 2.24) is 20.1 Å². The van der Waals surface area contributed by atoms with Crippen LogP contribution in [0, 0.1) is 0 Å². The topological polar surface area (TPSA) is 67.9 Å². The molecule has 1 aromatic carbocycles. The molecule has 0 radical (unpaired) electrons. The average molecular weight is 384 g/mol. The van der Waals surface area contributed by atoms with Crippen LogP contribution in [-0.4, -0.2) is 20.1 Å². The quantitative estimate of drug-likeness (QED) is 0.613. The van der Waals surface area contributed by atoms with Gasteiger partial charge in [-0.25, -0.2) is 9.97 Å². The van der Waals surface area contributed by atoms with Crippen LogP contribution in [0.1, 0.15) is 23.9 Å². The Kier molecular flexibility index (Phi) is 5.08. The van der Waals surface area contributed by atoms with Crippen LogP contribution in [0.2, 0.25) is 0 Å². The minimum Gasteiger partial charge on any atom is -0.329 e. The van der Waals surface area contributed by atoms with Crippen LogP contribution in [0.5, 0.6) is 0 Å². The van der Waals surface area contributed by atoms with Gasteiger partial charge in [0.15, 0.2) is 0 Å². The molecule has 0 amide bonds. The van der Waals surface area contributed by atoms with Gasteiger partial charge in [-0.3, -0.25) is 4.42 Å². The lowest BCUT2D eigenvalue weighted by Crippen LogP contribution is -2.10. The molecular weight excluding hydrogens is 371 g/mol. The molecule has 0 bridgehead atoms. The second-order valence-electron chi connectivity index (χ2n) is 5.38. The fourth-order valence-corrected chi connectivity index (χ4v) is 2.60. The molecule has 6 nitrogen and oxygen atoms in total. The summed E-state index contributed by atoms with van der Waals surface area (Å²) in [5.74, 6) is -1.46. The summed E-state index contributed by atoms with van der Waals surface area (Å²) >= 11 is 6.24. The van der Waals surface area contributed by atoms with Crippen LogP contribution in [0.4, 0.5) is 18.9 Å². The number of hydrogen-bond acceptors (Lipinski definition) is 6. The van der Waals surface area contributed by atoms with Gasteiger partial charge in [0.1, 0.15) is 6.33 Å². The summed E-state index contributed by atoms with van der Waals surface area (Å²) < 4.78 is 43.7. The molecule has 2 heterocycles. The van der Waals surface area contributed by atoms with Crippen LogP contribution in [0.25, 0.3) is 11.4 Å². The lowest BCUT2D eigenvalue weighted by molar-refractivity contribution is -0.159.